The molecule has 0 N–H and O–H groups in total. The summed E-state index contributed by atoms with van der Waals surface area (Å²) in [7, 11) is 0. The average Bonchev–Trinajstić information content (AvgIpc) is 3.34. The summed E-state index contributed by atoms with van der Waals surface area (Å²) < 4.78 is 126. The van der Waals surface area contributed by atoms with Gasteiger partial charge in [-0.3, -0.25) is 0 Å². The van der Waals surface area contributed by atoms with Crippen LogP contribution in [0.15, 0.2) is 90.6 Å². The van der Waals surface area contributed by atoms with E-state index in [9.17, 15) is 0 Å². The van der Waals surface area contributed by atoms with Crippen molar-refractivity contribution in [2.24, 2.45) is 0 Å². The third-order valence-electron chi connectivity index (χ3n) is 3.71. The predicted molar refractivity (Wildman–Crippen MR) is 115 cm³/mol. The SMILES string of the molecule is [2H]c1c([2H])c([2H])c(-c2c([2H])c([2H])c([2H])c3c2sc2c(-c4c([2H])c([2H])c(Cl)c([2H])c4[2H])c([2H])c([2H])c([2H])c23)c([2H])c1[2H]. The Morgan fingerprint density at radius 3 is 1.69 bits per heavy atom. The highest BCUT2D eigenvalue weighted by atomic mass is 35.5. The molecule has 0 saturated carbocycles. The van der Waals surface area contributed by atoms with Crippen LogP contribution in [0.25, 0.3) is 42.4 Å². The molecule has 4 aromatic carbocycles. The van der Waals surface area contributed by atoms with Crippen LogP contribution in [-0.2, 0) is 0 Å². The average molecular weight is 386 g/mol. The van der Waals surface area contributed by atoms with Crippen molar-refractivity contribution in [3.05, 3.63) is 95.7 Å². The maximum absolute atomic E-state index is 8.65. The van der Waals surface area contributed by atoms with Gasteiger partial charge in [0.15, 0.2) is 0 Å². The van der Waals surface area contributed by atoms with Crippen LogP contribution in [0.5, 0.6) is 0 Å². The molecule has 1 heterocycles. The Morgan fingerprint density at radius 1 is 0.577 bits per heavy atom. The first-order valence-electron chi connectivity index (χ1n) is 14.8. The summed E-state index contributed by atoms with van der Waals surface area (Å²) >= 11 is 6.71. The Hall–Kier alpha value is -2.61. The fourth-order valence-electron chi connectivity index (χ4n) is 2.60. The van der Waals surface area contributed by atoms with Crippen LogP contribution in [0.3, 0.4) is 0 Å². The maximum Gasteiger partial charge on any atom is 0.0639 e. The molecule has 0 aliphatic rings. The van der Waals surface area contributed by atoms with E-state index in [0.29, 0.717) is 0 Å². The lowest BCUT2D eigenvalue weighted by atomic mass is 10.0. The molecule has 0 amide bonds. The molecule has 0 saturated heterocycles. The number of fused-ring (bicyclic) bond motifs is 3. The first kappa shape index (κ1) is 6.53. The van der Waals surface area contributed by atoms with Crippen molar-refractivity contribution in [1.82, 2.24) is 0 Å². The molecular formula is C24H15ClS. The molecule has 1 aromatic heterocycles. The Bertz CT molecular complexity index is 1810. The van der Waals surface area contributed by atoms with Gasteiger partial charge in [0.05, 0.1) is 20.6 Å². The molecule has 124 valence electrons. The van der Waals surface area contributed by atoms with E-state index in [2.05, 4.69) is 0 Å². The summed E-state index contributed by atoms with van der Waals surface area (Å²) in [5.41, 5.74) is -1.33. The molecule has 0 atom stereocenters. The number of benzene rings is 4. The van der Waals surface area contributed by atoms with Gasteiger partial charge in [-0.15, -0.1) is 11.3 Å². The number of hydrogen-bond donors (Lipinski definition) is 0. The zero-order valence-corrected chi connectivity index (χ0v) is 14.4. The van der Waals surface area contributed by atoms with Crippen molar-refractivity contribution in [2.75, 3.05) is 0 Å². The highest BCUT2D eigenvalue weighted by Gasteiger charge is 2.13. The van der Waals surface area contributed by atoms with Crippen molar-refractivity contribution in [1.29, 1.82) is 0 Å². The van der Waals surface area contributed by atoms with Crippen LogP contribution in [0.2, 0.25) is 5.02 Å². The Labute approximate surface area is 182 Å². The van der Waals surface area contributed by atoms with Crippen molar-refractivity contribution in [3.8, 4) is 22.3 Å². The van der Waals surface area contributed by atoms with E-state index in [1.165, 1.54) is 0 Å². The van der Waals surface area contributed by atoms with Crippen LogP contribution >= 0.6 is 22.9 Å². The zero-order chi connectivity index (χ0) is 30.6. The minimum atomic E-state index is -0.690. The lowest BCUT2D eigenvalue weighted by Crippen LogP contribution is -1.78. The monoisotopic (exact) mass is 385 g/mol. The fraction of sp³-hybridized carbons (Fsp3) is 0. The molecule has 2 heteroatoms. The highest BCUT2D eigenvalue weighted by Crippen LogP contribution is 2.43. The van der Waals surface area contributed by atoms with Gasteiger partial charge in [0.2, 0.25) is 0 Å². The van der Waals surface area contributed by atoms with Gasteiger partial charge in [0.25, 0.3) is 0 Å². The second-order valence-corrected chi connectivity index (χ2v) is 6.60. The first-order valence-corrected chi connectivity index (χ1v) is 8.54. The Kier molecular flexibility index (Phi) is 1.58. The molecule has 0 bridgehead atoms. The fourth-order valence-corrected chi connectivity index (χ4v) is 3.92. The summed E-state index contributed by atoms with van der Waals surface area (Å²) in [6, 6.07) is -9.43. The predicted octanol–water partition coefficient (Wildman–Crippen LogP) is 8.04. The van der Waals surface area contributed by atoms with Crippen molar-refractivity contribution < 1.29 is 20.6 Å². The molecule has 5 rings (SSSR count). The van der Waals surface area contributed by atoms with E-state index in [1.54, 1.807) is 0 Å². The molecule has 0 unspecified atom stereocenters. The van der Waals surface area contributed by atoms with Gasteiger partial charge in [0.1, 0.15) is 0 Å². The van der Waals surface area contributed by atoms with Gasteiger partial charge < -0.3 is 0 Å². The second kappa shape index (κ2) is 6.28. The topological polar surface area (TPSA) is 0 Å². The zero-order valence-electron chi connectivity index (χ0n) is 27.8. The molecule has 0 fully saturated rings. The van der Waals surface area contributed by atoms with E-state index in [0.717, 1.165) is 11.3 Å². The van der Waals surface area contributed by atoms with Gasteiger partial charge in [-0.1, -0.05) is 90.2 Å². The first-order chi connectivity index (χ1) is 19.1. The molecule has 0 aliphatic carbocycles. The summed E-state index contributed by atoms with van der Waals surface area (Å²) in [4.78, 5) is 0. The number of halogens is 1. The Morgan fingerprint density at radius 2 is 1.12 bits per heavy atom. The van der Waals surface area contributed by atoms with E-state index >= 15 is 0 Å². The van der Waals surface area contributed by atoms with E-state index in [4.69, 9.17) is 32.2 Å². The third kappa shape index (κ3) is 2.52. The van der Waals surface area contributed by atoms with Gasteiger partial charge in [-0.25, -0.2) is 0 Å². The molecule has 5 aromatic rings. The summed E-state index contributed by atoms with van der Waals surface area (Å²) in [5.74, 6) is 0. The van der Waals surface area contributed by atoms with Gasteiger partial charge in [0, 0.05) is 25.2 Å². The molecule has 0 spiro atoms. The quantitative estimate of drug-likeness (QED) is 0.288. The summed E-state index contributed by atoms with van der Waals surface area (Å²) in [5, 5.41) is -0.739. The molecule has 0 aliphatic heterocycles. The van der Waals surface area contributed by atoms with Gasteiger partial charge in [-0.2, -0.15) is 0 Å². The lowest BCUT2D eigenvalue weighted by molar-refractivity contribution is 1.67. The van der Waals surface area contributed by atoms with Gasteiger partial charge >= 0.3 is 0 Å². The van der Waals surface area contributed by atoms with Crippen molar-refractivity contribution in [2.45, 2.75) is 0 Å². The lowest BCUT2D eigenvalue weighted by Gasteiger charge is -2.03. The van der Waals surface area contributed by atoms with Gasteiger partial charge in [-0.05, 0) is 34.3 Å². The number of thiophene rings is 1. The number of hydrogen-bond acceptors (Lipinski definition) is 1. The summed E-state index contributed by atoms with van der Waals surface area (Å²) in [6.45, 7) is 0. The Balaban J connectivity index is 2.12. The van der Waals surface area contributed by atoms with Crippen LogP contribution in [0.4, 0.5) is 0 Å². The van der Waals surface area contributed by atoms with Crippen LogP contribution in [-0.4, -0.2) is 0 Å². The van der Waals surface area contributed by atoms with E-state index < -0.39 is 101 Å². The number of rotatable bonds is 2. The maximum atomic E-state index is 8.65. The van der Waals surface area contributed by atoms with Crippen molar-refractivity contribution >= 4 is 43.1 Å². The van der Waals surface area contributed by atoms with E-state index in [1.807, 2.05) is 0 Å². The van der Waals surface area contributed by atoms with Crippen LogP contribution < -0.4 is 0 Å². The molecular weight excluding hydrogens is 356 g/mol. The molecule has 0 radical (unpaired) electrons. The highest BCUT2D eigenvalue weighted by molar-refractivity contribution is 7.26. The minimum absolute atomic E-state index is 0.0266. The molecule has 26 heavy (non-hydrogen) atoms. The standard InChI is InChI=1S/C24H15ClS/c25-18-14-12-17(13-15-18)20-9-5-11-22-21-10-4-8-19(23(21)26-24(20)22)16-6-2-1-3-7-16/h1-15H/i1D,2D,3D,4D,5D,6D,7D,8D,9D,10D,11D,12D,13D,14D,15D. The van der Waals surface area contributed by atoms with Crippen molar-refractivity contribution in [3.63, 3.8) is 0 Å². The summed E-state index contributed by atoms with van der Waals surface area (Å²) in [6.07, 6.45) is 0. The second-order valence-electron chi connectivity index (χ2n) is 5.20. The van der Waals surface area contributed by atoms with E-state index in [-0.39, 0.29) is 36.9 Å². The molecule has 0 nitrogen and oxygen atoms in total. The minimum Gasteiger partial charge on any atom is -0.134 e. The largest absolute Gasteiger partial charge is 0.134 e. The van der Waals surface area contributed by atoms with Crippen LogP contribution in [0.1, 0.15) is 20.6 Å². The third-order valence-corrected chi connectivity index (χ3v) is 5.12. The smallest absolute Gasteiger partial charge is 0.0639 e. The van der Waals surface area contributed by atoms with Crippen LogP contribution in [0, 0.1) is 0 Å². The normalized spacial score (nSPS) is 19.3.